The van der Waals surface area contributed by atoms with Crippen LogP contribution >= 0.6 is 46.6 Å². The summed E-state index contributed by atoms with van der Waals surface area (Å²) < 4.78 is 7.44. The zero-order valence-electron chi connectivity index (χ0n) is 19.0. The van der Waals surface area contributed by atoms with Gasteiger partial charge < -0.3 is 4.74 Å². The molecule has 3 aromatic carbocycles. The number of halogens is 3. The number of hydrazone groups is 1. The van der Waals surface area contributed by atoms with Gasteiger partial charge in [-0.15, -0.1) is 10.2 Å². The van der Waals surface area contributed by atoms with Gasteiger partial charge in [-0.1, -0.05) is 58.7 Å². The minimum absolute atomic E-state index is 0.0659. The van der Waals surface area contributed by atoms with Gasteiger partial charge in [0.15, 0.2) is 11.0 Å². The van der Waals surface area contributed by atoms with Crippen molar-refractivity contribution in [1.29, 1.82) is 0 Å². The van der Waals surface area contributed by atoms with E-state index in [0.29, 0.717) is 38.2 Å². The van der Waals surface area contributed by atoms with E-state index < -0.39 is 0 Å². The standard InChI is InChI=1S/C25H20Cl3N5O2S/c1-2-35-20-12-10-19(11-13-20)33-24(16-6-8-18(26)9-7-16)31-32-25(33)36-15-22(34)30-29-14-17-4-3-5-21(27)23(17)28/h3-14H,2,15H2,1H3,(H,30,34)/b29-14+. The highest BCUT2D eigenvalue weighted by atomic mass is 35.5. The third-order valence-electron chi connectivity index (χ3n) is 4.85. The van der Waals surface area contributed by atoms with Crippen molar-refractivity contribution >= 4 is 58.7 Å². The van der Waals surface area contributed by atoms with Crippen LogP contribution in [0, 0.1) is 0 Å². The Morgan fingerprint density at radius 3 is 2.53 bits per heavy atom. The first-order valence-corrected chi connectivity index (χ1v) is 12.9. The number of hydrogen-bond acceptors (Lipinski definition) is 6. The molecule has 36 heavy (non-hydrogen) atoms. The lowest BCUT2D eigenvalue weighted by molar-refractivity contribution is -0.118. The van der Waals surface area contributed by atoms with E-state index >= 15 is 0 Å². The van der Waals surface area contributed by atoms with Crippen molar-refractivity contribution in [2.24, 2.45) is 5.10 Å². The average Bonchev–Trinajstić information content (AvgIpc) is 3.30. The minimum Gasteiger partial charge on any atom is -0.494 e. The summed E-state index contributed by atoms with van der Waals surface area (Å²) in [5.74, 6) is 1.13. The molecule has 1 amide bonds. The van der Waals surface area contributed by atoms with Crippen LogP contribution in [0.25, 0.3) is 17.1 Å². The molecule has 0 fully saturated rings. The van der Waals surface area contributed by atoms with Crippen LogP contribution in [0.2, 0.25) is 15.1 Å². The van der Waals surface area contributed by atoms with Crippen molar-refractivity contribution in [2.45, 2.75) is 12.1 Å². The largest absolute Gasteiger partial charge is 0.494 e. The van der Waals surface area contributed by atoms with Gasteiger partial charge in [-0.3, -0.25) is 9.36 Å². The number of aromatic nitrogens is 3. The number of benzene rings is 3. The maximum absolute atomic E-state index is 12.4. The highest BCUT2D eigenvalue weighted by Gasteiger charge is 2.17. The SMILES string of the molecule is CCOc1ccc(-n2c(SCC(=O)N/N=C/c3cccc(Cl)c3Cl)nnc2-c2ccc(Cl)cc2)cc1. The molecule has 1 heterocycles. The molecular weight excluding hydrogens is 541 g/mol. The second-order valence-electron chi connectivity index (χ2n) is 7.30. The van der Waals surface area contributed by atoms with Crippen LogP contribution in [-0.2, 0) is 4.79 Å². The van der Waals surface area contributed by atoms with E-state index in [9.17, 15) is 4.79 Å². The molecule has 0 radical (unpaired) electrons. The quantitative estimate of drug-likeness (QED) is 0.143. The van der Waals surface area contributed by atoms with Crippen LogP contribution in [0.5, 0.6) is 5.75 Å². The topological polar surface area (TPSA) is 81.4 Å². The summed E-state index contributed by atoms with van der Waals surface area (Å²) in [6, 6.07) is 20.1. The number of carbonyl (C=O) groups is 1. The zero-order chi connectivity index (χ0) is 25.5. The maximum atomic E-state index is 12.4. The summed E-state index contributed by atoms with van der Waals surface area (Å²) in [5.41, 5.74) is 4.75. The Labute approximate surface area is 227 Å². The summed E-state index contributed by atoms with van der Waals surface area (Å²) in [4.78, 5) is 12.4. The van der Waals surface area contributed by atoms with E-state index in [2.05, 4.69) is 20.7 Å². The van der Waals surface area contributed by atoms with Crippen LogP contribution in [-0.4, -0.2) is 39.2 Å². The van der Waals surface area contributed by atoms with Gasteiger partial charge in [-0.25, -0.2) is 5.43 Å². The third-order valence-corrected chi connectivity index (χ3v) is 6.86. The number of nitrogens with zero attached hydrogens (tertiary/aromatic N) is 4. The van der Waals surface area contributed by atoms with Gasteiger partial charge in [0.05, 0.1) is 28.6 Å². The molecule has 0 unspecified atom stereocenters. The molecule has 1 aromatic heterocycles. The van der Waals surface area contributed by atoms with Crippen LogP contribution < -0.4 is 10.2 Å². The molecule has 0 spiro atoms. The molecule has 7 nitrogen and oxygen atoms in total. The normalized spacial score (nSPS) is 11.1. The smallest absolute Gasteiger partial charge is 0.250 e. The van der Waals surface area contributed by atoms with Crippen LogP contribution in [0.1, 0.15) is 12.5 Å². The first kappa shape index (κ1) is 26.0. The predicted molar refractivity (Wildman–Crippen MR) is 146 cm³/mol. The number of ether oxygens (including phenoxy) is 1. The number of nitrogens with one attached hydrogen (secondary N) is 1. The number of carbonyl (C=O) groups excluding carboxylic acids is 1. The summed E-state index contributed by atoms with van der Waals surface area (Å²) in [6.07, 6.45) is 1.44. The van der Waals surface area contributed by atoms with Crippen molar-refractivity contribution in [3.8, 4) is 22.8 Å². The molecule has 1 N–H and O–H groups in total. The molecule has 11 heteroatoms. The van der Waals surface area contributed by atoms with E-state index in [1.165, 1.54) is 18.0 Å². The first-order valence-electron chi connectivity index (χ1n) is 10.8. The third kappa shape index (κ3) is 6.39. The summed E-state index contributed by atoms with van der Waals surface area (Å²) >= 11 is 19.4. The van der Waals surface area contributed by atoms with E-state index in [1.54, 1.807) is 30.3 Å². The molecular formula is C25H20Cl3N5O2S. The summed E-state index contributed by atoms with van der Waals surface area (Å²) in [7, 11) is 0. The molecule has 184 valence electrons. The number of amides is 1. The van der Waals surface area contributed by atoms with Crippen LogP contribution in [0.15, 0.2) is 77.0 Å². The fourth-order valence-electron chi connectivity index (χ4n) is 3.20. The monoisotopic (exact) mass is 559 g/mol. The molecule has 0 saturated heterocycles. The Hall–Kier alpha value is -3.04. The zero-order valence-corrected chi connectivity index (χ0v) is 22.1. The molecule has 0 aliphatic rings. The maximum Gasteiger partial charge on any atom is 0.250 e. The van der Waals surface area contributed by atoms with Crippen molar-refractivity contribution in [3.63, 3.8) is 0 Å². The average molecular weight is 561 g/mol. The van der Waals surface area contributed by atoms with Crippen LogP contribution in [0.4, 0.5) is 0 Å². The minimum atomic E-state index is -0.316. The van der Waals surface area contributed by atoms with Gasteiger partial charge in [0, 0.05) is 21.8 Å². The number of thioether (sulfide) groups is 1. The highest BCUT2D eigenvalue weighted by Crippen LogP contribution is 2.29. The second-order valence-corrected chi connectivity index (χ2v) is 9.46. The highest BCUT2D eigenvalue weighted by molar-refractivity contribution is 7.99. The Morgan fingerprint density at radius 1 is 1.06 bits per heavy atom. The van der Waals surface area contributed by atoms with Gasteiger partial charge in [-0.05, 0) is 61.5 Å². The Kier molecular flexibility index (Phi) is 8.88. The lowest BCUT2D eigenvalue weighted by Crippen LogP contribution is -2.20. The van der Waals surface area contributed by atoms with Gasteiger partial charge in [0.2, 0.25) is 0 Å². The molecule has 0 aliphatic carbocycles. The molecule has 4 rings (SSSR count). The van der Waals surface area contributed by atoms with Crippen molar-refractivity contribution in [3.05, 3.63) is 87.4 Å². The van der Waals surface area contributed by atoms with Crippen LogP contribution in [0.3, 0.4) is 0 Å². The molecule has 0 aliphatic heterocycles. The Morgan fingerprint density at radius 2 is 1.81 bits per heavy atom. The lowest BCUT2D eigenvalue weighted by Gasteiger charge is -2.11. The number of rotatable bonds is 9. The molecule has 0 atom stereocenters. The van der Waals surface area contributed by atoms with Crippen molar-refractivity contribution < 1.29 is 9.53 Å². The van der Waals surface area contributed by atoms with Crippen molar-refractivity contribution in [1.82, 2.24) is 20.2 Å². The van der Waals surface area contributed by atoms with Gasteiger partial charge in [0.1, 0.15) is 5.75 Å². The lowest BCUT2D eigenvalue weighted by atomic mass is 10.2. The second kappa shape index (κ2) is 12.3. The fraction of sp³-hybridized carbons (Fsp3) is 0.120. The molecule has 0 saturated carbocycles. The Balaban J connectivity index is 1.52. The molecule has 4 aromatic rings. The summed E-state index contributed by atoms with van der Waals surface area (Å²) in [6.45, 7) is 2.50. The molecule has 0 bridgehead atoms. The first-order chi connectivity index (χ1) is 17.5. The van der Waals surface area contributed by atoms with Crippen molar-refractivity contribution in [2.75, 3.05) is 12.4 Å². The van der Waals surface area contributed by atoms with E-state index in [-0.39, 0.29) is 11.7 Å². The van der Waals surface area contributed by atoms with Gasteiger partial charge in [-0.2, -0.15) is 5.10 Å². The fourth-order valence-corrected chi connectivity index (χ4v) is 4.42. The summed E-state index contributed by atoms with van der Waals surface area (Å²) in [5, 5.41) is 14.6. The Bertz CT molecular complexity index is 1380. The van der Waals surface area contributed by atoms with E-state index in [1.807, 2.05) is 47.9 Å². The van der Waals surface area contributed by atoms with E-state index in [4.69, 9.17) is 39.5 Å². The van der Waals surface area contributed by atoms with E-state index in [0.717, 1.165) is 17.0 Å². The number of hydrogen-bond donors (Lipinski definition) is 1. The predicted octanol–water partition coefficient (Wildman–Crippen LogP) is 6.54. The van der Waals surface area contributed by atoms with Gasteiger partial charge >= 0.3 is 0 Å². The van der Waals surface area contributed by atoms with Gasteiger partial charge in [0.25, 0.3) is 5.91 Å².